The van der Waals surface area contributed by atoms with Crippen LogP contribution < -0.4 is 5.32 Å². The fourth-order valence-corrected chi connectivity index (χ4v) is 3.28. The van der Waals surface area contributed by atoms with Gasteiger partial charge < -0.3 is 15.2 Å². The molecule has 6 heteroatoms. The van der Waals surface area contributed by atoms with Crippen molar-refractivity contribution in [2.24, 2.45) is 0 Å². The zero-order valence-electron chi connectivity index (χ0n) is 10.6. The van der Waals surface area contributed by atoms with Crippen LogP contribution in [0.15, 0.2) is 28.4 Å². The van der Waals surface area contributed by atoms with Crippen molar-refractivity contribution >= 4 is 39.0 Å². The highest BCUT2D eigenvalue weighted by Crippen LogP contribution is 2.40. The summed E-state index contributed by atoms with van der Waals surface area (Å²) in [6.07, 6.45) is 1.14. The van der Waals surface area contributed by atoms with Crippen molar-refractivity contribution in [3.63, 3.8) is 0 Å². The Bertz CT molecular complexity index is 608. The van der Waals surface area contributed by atoms with E-state index >= 15 is 0 Å². The molecule has 1 spiro atoms. The normalized spacial score (nSPS) is 21.4. The molecule has 1 fully saturated rings. The lowest BCUT2D eigenvalue weighted by molar-refractivity contribution is -0.117. The molecule has 0 radical (unpaired) electrons. The van der Waals surface area contributed by atoms with Crippen molar-refractivity contribution in [2.75, 3.05) is 13.2 Å². The maximum atomic E-state index is 12.3. The summed E-state index contributed by atoms with van der Waals surface area (Å²) in [4.78, 5) is 12.3. The molecule has 0 aromatic heterocycles. The van der Waals surface area contributed by atoms with E-state index in [1.54, 1.807) is 18.2 Å². The zero-order valence-corrected chi connectivity index (χ0v) is 12.9. The van der Waals surface area contributed by atoms with Gasteiger partial charge >= 0.3 is 0 Å². The largest absolute Gasteiger partial charge is 0.509 e. The van der Waals surface area contributed by atoms with Crippen molar-refractivity contribution in [2.45, 2.75) is 18.4 Å². The molecule has 0 saturated carbocycles. The van der Waals surface area contributed by atoms with E-state index in [-0.39, 0.29) is 17.2 Å². The predicted octanol–water partition coefficient (Wildman–Crippen LogP) is 3.05. The van der Waals surface area contributed by atoms with E-state index in [2.05, 4.69) is 21.2 Å². The smallest absolute Gasteiger partial charge is 0.256 e. The summed E-state index contributed by atoms with van der Waals surface area (Å²) in [6, 6.07) is 5.23. The van der Waals surface area contributed by atoms with E-state index < -0.39 is 5.54 Å². The van der Waals surface area contributed by atoms with Gasteiger partial charge in [0.1, 0.15) is 11.3 Å². The highest BCUT2D eigenvalue weighted by molar-refractivity contribution is 9.10. The second kappa shape index (κ2) is 5.06. The van der Waals surface area contributed by atoms with E-state index in [4.69, 9.17) is 16.3 Å². The first-order chi connectivity index (χ1) is 9.53. The number of aliphatic hydroxyl groups is 1. The van der Waals surface area contributed by atoms with Crippen LogP contribution >= 0.6 is 27.5 Å². The molecule has 0 unspecified atom stereocenters. The molecule has 2 heterocycles. The number of halogens is 2. The molecule has 4 nitrogen and oxygen atoms in total. The molecule has 1 saturated heterocycles. The molecule has 1 amide bonds. The fourth-order valence-electron chi connectivity index (χ4n) is 2.71. The molecule has 0 atom stereocenters. The van der Waals surface area contributed by atoms with Crippen LogP contribution in [0.25, 0.3) is 5.57 Å². The molecule has 2 N–H and O–H groups in total. The Hall–Kier alpha value is -1.04. The maximum Gasteiger partial charge on any atom is 0.256 e. The van der Waals surface area contributed by atoms with Crippen LogP contribution in [0.5, 0.6) is 0 Å². The molecule has 3 rings (SSSR count). The molecular weight excluding hydrogens is 346 g/mol. The molecule has 2 aliphatic rings. The van der Waals surface area contributed by atoms with Gasteiger partial charge in [0.15, 0.2) is 0 Å². The fraction of sp³-hybridized carbons (Fsp3) is 0.357. The van der Waals surface area contributed by atoms with E-state index in [1.165, 1.54) is 0 Å². The summed E-state index contributed by atoms with van der Waals surface area (Å²) in [5, 5.41) is 13.9. The van der Waals surface area contributed by atoms with Crippen LogP contribution in [-0.4, -0.2) is 29.8 Å². The average Bonchev–Trinajstić information content (AvgIpc) is 2.65. The average molecular weight is 359 g/mol. The number of carbonyl (C=O) groups is 1. The number of amides is 1. The number of aliphatic hydroxyl groups excluding tert-OH is 1. The standard InChI is InChI=1S/C14H13BrClNO3/c15-8-1-2-10(16)9(7-8)11-12(18)14(17-13(11)19)3-5-20-6-4-14/h1-2,7,18H,3-6H2,(H,17,19). The Balaban J connectivity index is 2.11. The molecule has 1 aromatic carbocycles. The first-order valence-corrected chi connectivity index (χ1v) is 7.50. The summed E-state index contributed by atoms with van der Waals surface area (Å²) in [6.45, 7) is 1.04. The highest BCUT2D eigenvalue weighted by Gasteiger charge is 2.47. The van der Waals surface area contributed by atoms with Crippen LogP contribution in [0.4, 0.5) is 0 Å². The summed E-state index contributed by atoms with van der Waals surface area (Å²) in [5.41, 5.74) is 0.105. The van der Waals surface area contributed by atoms with Gasteiger partial charge in [-0.05, 0) is 18.2 Å². The second-order valence-electron chi connectivity index (χ2n) is 5.00. The van der Waals surface area contributed by atoms with E-state index in [1.807, 2.05) is 0 Å². The maximum absolute atomic E-state index is 12.3. The Morgan fingerprint density at radius 2 is 2.05 bits per heavy atom. The minimum atomic E-state index is -0.698. The zero-order chi connectivity index (χ0) is 14.3. The van der Waals surface area contributed by atoms with Crippen molar-refractivity contribution < 1.29 is 14.6 Å². The summed E-state index contributed by atoms with van der Waals surface area (Å²) < 4.78 is 6.11. The molecule has 0 bridgehead atoms. The van der Waals surface area contributed by atoms with E-state index in [0.717, 1.165) is 4.47 Å². The van der Waals surface area contributed by atoms with Crippen LogP contribution in [0.3, 0.4) is 0 Å². The van der Waals surface area contributed by atoms with Crippen molar-refractivity contribution in [1.29, 1.82) is 0 Å². The van der Waals surface area contributed by atoms with Crippen LogP contribution in [0.1, 0.15) is 18.4 Å². The first kappa shape index (κ1) is 13.9. The number of benzene rings is 1. The van der Waals surface area contributed by atoms with Gasteiger partial charge in [-0.1, -0.05) is 27.5 Å². The van der Waals surface area contributed by atoms with Crippen LogP contribution in [-0.2, 0) is 9.53 Å². The van der Waals surface area contributed by atoms with Crippen LogP contribution in [0, 0.1) is 0 Å². The Labute approximate surface area is 129 Å². The molecule has 2 aliphatic heterocycles. The van der Waals surface area contributed by atoms with Crippen LogP contribution in [0.2, 0.25) is 5.02 Å². The Morgan fingerprint density at radius 3 is 2.75 bits per heavy atom. The number of carbonyl (C=O) groups excluding carboxylic acids is 1. The van der Waals surface area contributed by atoms with Crippen molar-refractivity contribution in [3.8, 4) is 0 Å². The van der Waals surface area contributed by atoms with Gasteiger partial charge in [0.25, 0.3) is 5.91 Å². The number of rotatable bonds is 1. The van der Waals surface area contributed by atoms with Gasteiger partial charge in [-0.2, -0.15) is 0 Å². The number of hydrogen-bond acceptors (Lipinski definition) is 3. The molecule has 20 heavy (non-hydrogen) atoms. The third-order valence-corrected chi connectivity index (χ3v) is 4.64. The number of nitrogens with one attached hydrogen (secondary N) is 1. The van der Waals surface area contributed by atoms with Gasteiger partial charge in [0, 0.05) is 41.1 Å². The molecule has 1 aromatic rings. The molecule has 0 aliphatic carbocycles. The van der Waals surface area contributed by atoms with Gasteiger partial charge in [-0.25, -0.2) is 0 Å². The van der Waals surface area contributed by atoms with E-state index in [0.29, 0.717) is 36.6 Å². The Kier molecular flexibility index (Phi) is 3.52. The summed E-state index contributed by atoms with van der Waals surface area (Å²) in [7, 11) is 0. The van der Waals surface area contributed by atoms with E-state index in [9.17, 15) is 9.90 Å². The molecule has 106 valence electrons. The van der Waals surface area contributed by atoms with Gasteiger partial charge in [-0.15, -0.1) is 0 Å². The summed E-state index contributed by atoms with van der Waals surface area (Å²) >= 11 is 9.52. The molecular formula is C14H13BrClNO3. The van der Waals surface area contributed by atoms with Crippen molar-refractivity contribution in [3.05, 3.63) is 39.0 Å². The Morgan fingerprint density at radius 1 is 1.35 bits per heavy atom. The summed E-state index contributed by atoms with van der Waals surface area (Å²) in [5.74, 6) is -0.213. The van der Waals surface area contributed by atoms with Gasteiger partial charge in [-0.3, -0.25) is 4.79 Å². The lowest BCUT2D eigenvalue weighted by Crippen LogP contribution is -2.48. The van der Waals surface area contributed by atoms with Crippen molar-refractivity contribution in [1.82, 2.24) is 5.32 Å². The first-order valence-electron chi connectivity index (χ1n) is 6.33. The monoisotopic (exact) mass is 357 g/mol. The quantitative estimate of drug-likeness (QED) is 0.811. The lowest BCUT2D eigenvalue weighted by atomic mass is 9.88. The second-order valence-corrected chi connectivity index (χ2v) is 6.32. The minimum absolute atomic E-state index is 0.0748. The van der Waals surface area contributed by atoms with Gasteiger partial charge in [0.2, 0.25) is 0 Å². The highest BCUT2D eigenvalue weighted by atomic mass is 79.9. The number of hydrogen-bond donors (Lipinski definition) is 2. The lowest BCUT2D eigenvalue weighted by Gasteiger charge is -2.33. The van der Waals surface area contributed by atoms with Gasteiger partial charge in [0.05, 0.1) is 5.57 Å². The predicted molar refractivity (Wildman–Crippen MR) is 79.6 cm³/mol. The number of ether oxygens (including phenoxy) is 1. The third kappa shape index (κ3) is 2.14. The SMILES string of the molecule is O=C1NC2(CCOCC2)C(O)=C1c1cc(Br)ccc1Cl. The third-order valence-electron chi connectivity index (χ3n) is 3.81. The minimum Gasteiger partial charge on any atom is -0.509 e. The topological polar surface area (TPSA) is 58.6 Å².